The molecule has 29 heavy (non-hydrogen) atoms. The van der Waals surface area contributed by atoms with Crippen molar-refractivity contribution in [2.45, 2.75) is 19.1 Å². The minimum atomic E-state index is -0.996. The lowest BCUT2D eigenvalue weighted by Crippen LogP contribution is -2.33. The summed E-state index contributed by atoms with van der Waals surface area (Å²) in [5.74, 6) is 0.243. The van der Waals surface area contributed by atoms with E-state index in [1.165, 1.54) is 7.11 Å². The number of nitrogens with one attached hydrogen (secondary N) is 1. The Balaban J connectivity index is 1.94. The molecule has 0 radical (unpaired) electrons. The molecule has 1 N–H and O–H groups in total. The number of hydrogen-bond donors (Lipinski definition) is 1. The number of amides is 1. The fourth-order valence-corrected chi connectivity index (χ4v) is 2.87. The third kappa shape index (κ3) is 5.58. The van der Waals surface area contributed by atoms with Gasteiger partial charge in [0.1, 0.15) is 24.2 Å². The first kappa shape index (κ1) is 20.4. The molecule has 2 bridgehead atoms. The molecule has 1 aliphatic heterocycles. The first-order valence-corrected chi connectivity index (χ1v) is 9.14. The Kier molecular flexibility index (Phi) is 6.86. The Labute approximate surface area is 169 Å². The van der Waals surface area contributed by atoms with Crippen molar-refractivity contribution in [2.75, 3.05) is 26.1 Å². The average Bonchev–Trinajstić information content (AvgIpc) is 2.74. The fraction of sp³-hybridized carbons (Fsp3) is 0.273. The minimum absolute atomic E-state index is 0.153. The molecule has 1 heterocycles. The summed E-state index contributed by atoms with van der Waals surface area (Å²) >= 11 is 0. The smallest absolute Gasteiger partial charge is 0.308 e. The van der Waals surface area contributed by atoms with Gasteiger partial charge in [0, 0.05) is 0 Å². The summed E-state index contributed by atoms with van der Waals surface area (Å²) in [4.78, 5) is 24.4. The number of ether oxygens (including phenoxy) is 4. The van der Waals surface area contributed by atoms with Crippen LogP contribution in [0.1, 0.15) is 17.5 Å². The van der Waals surface area contributed by atoms with Gasteiger partial charge in [-0.05, 0) is 41.5 Å². The lowest BCUT2D eigenvalue weighted by molar-refractivity contribution is -0.147. The van der Waals surface area contributed by atoms with E-state index >= 15 is 0 Å². The molecule has 0 spiro atoms. The lowest BCUT2D eigenvalue weighted by atomic mass is 10.1. The molecular weight excluding hydrogens is 374 g/mol. The third-order valence-electron chi connectivity index (χ3n) is 4.34. The highest BCUT2D eigenvalue weighted by Gasteiger charge is 2.24. The number of methoxy groups -OCH3 is 2. The molecule has 2 aromatic carbocycles. The number of hydrogen-bond acceptors (Lipinski definition) is 6. The second-order valence-electron chi connectivity index (χ2n) is 6.39. The van der Waals surface area contributed by atoms with Crippen LogP contribution in [0.25, 0.3) is 6.08 Å². The van der Waals surface area contributed by atoms with E-state index in [2.05, 4.69) is 10.1 Å². The maximum atomic E-state index is 12.7. The Morgan fingerprint density at radius 1 is 1.21 bits per heavy atom. The molecule has 7 heteroatoms. The quantitative estimate of drug-likeness (QED) is 0.801. The van der Waals surface area contributed by atoms with Gasteiger partial charge in [-0.2, -0.15) is 0 Å². The predicted molar refractivity (Wildman–Crippen MR) is 108 cm³/mol. The molecule has 2 aromatic rings. The summed E-state index contributed by atoms with van der Waals surface area (Å²) < 4.78 is 21.6. The summed E-state index contributed by atoms with van der Waals surface area (Å²) in [6.45, 7) is 0.451. The summed E-state index contributed by atoms with van der Waals surface area (Å²) in [7, 11) is 2.88. The number of carbonyl (C=O) groups is 2. The van der Waals surface area contributed by atoms with Gasteiger partial charge in [-0.15, -0.1) is 0 Å². The molecule has 0 aliphatic carbocycles. The van der Waals surface area contributed by atoms with Gasteiger partial charge in [0.2, 0.25) is 0 Å². The molecule has 7 nitrogen and oxygen atoms in total. The highest BCUT2D eigenvalue weighted by molar-refractivity contribution is 5.97. The number of rotatable bonds is 3. The summed E-state index contributed by atoms with van der Waals surface area (Å²) in [5, 5.41) is 2.78. The number of fused-ring (bicyclic) bond motifs is 3. The zero-order chi connectivity index (χ0) is 20.6. The minimum Gasteiger partial charge on any atom is -0.497 e. The third-order valence-corrected chi connectivity index (χ3v) is 4.34. The zero-order valence-corrected chi connectivity index (χ0v) is 16.3. The number of anilines is 1. The van der Waals surface area contributed by atoms with E-state index < -0.39 is 18.0 Å². The molecule has 1 amide bonds. The first-order chi connectivity index (χ1) is 14.1. The average molecular weight is 397 g/mol. The van der Waals surface area contributed by atoms with E-state index in [4.69, 9.17) is 14.2 Å². The SMILES string of the molecule is COC(=O)CC1OC/C=C\c2cc(cc(OC)c2)COc2ccccc2NC1=O. The van der Waals surface area contributed by atoms with Gasteiger partial charge in [-0.1, -0.05) is 24.3 Å². The van der Waals surface area contributed by atoms with Crippen molar-refractivity contribution in [1.82, 2.24) is 0 Å². The van der Waals surface area contributed by atoms with Gasteiger partial charge in [0.15, 0.2) is 0 Å². The van der Waals surface area contributed by atoms with Crippen LogP contribution in [0.2, 0.25) is 0 Å². The molecule has 1 atom stereocenters. The number of benzene rings is 2. The van der Waals surface area contributed by atoms with E-state index in [1.807, 2.05) is 30.3 Å². The molecule has 0 saturated carbocycles. The predicted octanol–water partition coefficient (Wildman–Crippen LogP) is 3.19. The Morgan fingerprint density at radius 3 is 2.83 bits per heavy atom. The topological polar surface area (TPSA) is 83.1 Å². The van der Waals surface area contributed by atoms with Crippen molar-refractivity contribution in [1.29, 1.82) is 0 Å². The van der Waals surface area contributed by atoms with Gasteiger partial charge < -0.3 is 24.3 Å². The van der Waals surface area contributed by atoms with E-state index in [0.717, 1.165) is 11.1 Å². The van der Waals surface area contributed by atoms with Crippen LogP contribution in [-0.2, 0) is 25.7 Å². The second kappa shape index (κ2) is 9.75. The Bertz CT molecular complexity index is 908. The lowest BCUT2D eigenvalue weighted by Gasteiger charge is -2.18. The zero-order valence-electron chi connectivity index (χ0n) is 16.3. The van der Waals surface area contributed by atoms with E-state index in [1.54, 1.807) is 31.4 Å². The summed E-state index contributed by atoms with van der Waals surface area (Å²) in [6, 6.07) is 12.9. The first-order valence-electron chi connectivity index (χ1n) is 9.14. The maximum Gasteiger partial charge on any atom is 0.308 e. The van der Waals surface area contributed by atoms with Crippen LogP contribution in [0.15, 0.2) is 48.5 Å². The molecule has 152 valence electrons. The van der Waals surface area contributed by atoms with Crippen molar-refractivity contribution < 1.29 is 28.5 Å². The Morgan fingerprint density at radius 2 is 2.03 bits per heavy atom. The fourth-order valence-electron chi connectivity index (χ4n) is 2.87. The molecule has 0 aromatic heterocycles. The van der Waals surface area contributed by atoms with Gasteiger partial charge in [-0.3, -0.25) is 9.59 Å². The normalized spacial score (nSPS) is 17.7. The van der Waals surface area contributed by atoms with Crippen molar-refractivity contribution >= 4 is 23.6 Å². The molecule has 3 rings (SSSR count). The number of carbonyl (C=O) groups excluding carboxylic acids is 2. The summed E-state index contributed by atoms with van der Waals surface area (Å²) in [6.07, 6.45) is 2.45. The molecule has 0 fully saturated rings. The van der Waals surface area contributed by atoms with E-state index in [9.17, 15) is 9.59 Å². The van der Waals surface area contributed by atoms with E-state index in [-0.39, 0.29) is 13.0 Å². The van der Waals surface area contributed by atoms with Crippen molar-refractivity contribution in [3.05, 3.63) is 59.7 Å². The van der Waals surface area contributed by atoms with Crippen LogP contribution in [0, 0.1) is 0 Å². The van der Waals surface area contributed by atoms with Gasteiger partial charge >= 0.3 is 5.97 Å². The van der Waals surface area contributed by atoms with Gasteiger partial charge in [0.05, 0.1) is 32.9 Å². The highest BCUT2D eigenvalue weighted by atomic mass is 16.5. The van der Waals surface area contributed by atoms with Crippen molar-refractivity contribution in [2.24, 2.45) is 0 Å². The van der Waals surface area contributed by atoms with Gasteiger partial charge in [-0.25, -0.2) is 0 Å². The van der Waals surface area contributed by atoms with Gasteiger partial charge in [0.25, 0.3) is 5.91 Å². The van der Waals surface area contributed by atoms with Crippen LogP contribution in [0.5, 0.6) is 11.5 Å². The van der Waals surface area contributed by atoms with E-state index in [0.29, 0.717) is 23.8 Å². The Hall–Kier alpha value is -3.32. The van der Waals surface area contributed by atoms with Crippen LogP contribution < -0.4 is 14.8 Å². The largest absolute Gasteiger partial charge is 0.497 e. The monoisotopic (exact) mass is 397 g/mol. The molecule has 1 unspecified atom stereocenters. The van der Waals surface area contributed by atoms with Crippen LogP contribution in [0.3, 0.4) is 0 Å². The number of esters is 1. The maximum absolute atomic E-state index is 12.7. The summed E-state index contributed by atoms with van der Waals surface area (Å²) in [5.41, 5.74) is 2.32. The van der Waals surface area contributed by atoms with Crippen molar-refractivity contribution in [3.8, 4) is 11.5 Å². The highest BCUT2D eigenvalue weighted by Crippen LogP contribution is 2.27. The van der Waals surface area contributed by atoms with Crippen LogP contribution >= 0.6 is 0 Å². The van der Waals surface area contributed by atoms with Crippen molar-refractivity contribution in [3.63, 3.8) is 0 Å². The molecular formula is C22H23NO6. The molecule has 0 saturated heterocycles. The standard InChI is InChI=1S/C22H23NO6/c1-26-17-11-15-6-5-9-28-20(13-21(24)27-2)22(25)23-18-7-3-4-8-19(18)29-14-16(10-15)12-17/h3-8,10-12,20H,9,13-14H2,1-2H3,(H,23,25)/b6-5-. The van der Waals surface area contributed by atoms with Crippen LogP contribution in [-0.4, -0.2) is 38.8 Å². The molecule has 1 aliphatic rings. The number of para-hydroxylation sites is 2. The van der Waals surface area contributed by atoms with Crippen LogP contribution in [0.4, 0.5) is 5.69 Å². The second-order valence-corrected chi connectivity index (χ2v) is 6.39.